The number of benzene rings is 1. The molecule has 0 N–H and O–H groups in total. The van der Waals surface area contributed by atoms with Crippen molar-refractivity contribution in [2.45, 2.75) is 52.5 Å². The molecule has 0 aliphatic carbocycles. The fourth-order valence-corrected chi connectivity index (χ4v) is 5.43. The maximum atomic E-state index is 12.8. The smallest absolute Gasteiger partial charge is 0.338 e. The van der Waals surface area contributed by atoms with Crippen molar-refractivity contribution in [2.75, 3.05) is 19.7 Å². The molecule has 0 atom stereocenters. The van der Waals surface area contributed by atoms with Crippen molar-refractivity contribution in [3.05, 3.63) is 51.8 Å². The van der Waals surface area contributed by atoms with E-state index in [0.29, 0.717) is 5.56 Å². The summed E-state index contributed by atoms with van der Waals surface area (Å²) >= 11 is 6.10. The van der Waals surface area contributed by atoms with Gasteiger partial charge in [-0.3, -0.25) is 4.79 Å². The molecule has 0 saturated carbocycles. The van der Waals surface area contributed by atoms with Gasteiger partial charge in [0.15, 0.2) is 6.61 Å². The van der Waals surface area contributed by atoms with Crippen LogP contribution in [-0.2, 0) is 21.3 Å². The highest BCUT2D eigenvalue weighted by Crippen LogP contribution is 2.26. The Balaban J connectivity index is 2.20. The number of aryl methyl sites for hydroxylation is 1. The van der Waals surface area contributed by atoms with E-state index in [4.69, 9.17) is 16.3 Å². The molecule has 2 rings (SSSR count). The first-order valence-corrected chi connectivity index (χ1v) is 12.1. The number of hydrogen-bond donors (Lipinski definition) is 0. The molecule has 0 radical (unpaired) electrons. The van der Waals surface area contributed by atoms with Gasteiger partial charge in [0.1, 0.15) is 4.90 Å². The second-order valence-electron chi connectivity index (χ2n) is 7.17. The van der Waals surface area contributed by atoms with Gasteiger partial charge < -0.3 is 9.30 Å². The number of hydrogen-bond acceptors (Lipinski definition) is 5. The molecule has 0 aliphatic rings. The first-order valence-electron chi connectivity index (χ1n) is 10.2. The molecule has 1 aromatic heterocycles. The van der Waals surface area contributed by atoms with E-state index in [-0.39, 0.29) is 34.4 Å². The molecule has 1 heterocycles. The van der Waals surface area contributed by atoms with Crippen molar-refractivity contribution in [2.24, 2.45) is 0 Å². The number of carbonyl (C=O) groups is 2. The number of esters is 1. The number of aromatic nitrogens is 1. The molecule has 0 amide bonds. The summed E-state index contributed by atoms with van der Waals surface area (Å²) in [7, 11) is -3.85. The van der Waals surface area contributed by atoms with E-state index in [0.717, 1.165) is 24.4 Å². The summed E-state index contributed by atoms with van der Waals surface area (Å²) in [6.07, 6.45) is 0.939. The Morgan fingerprint density at radius 3 is 2.32 bits per heavy atom. The van der Waals surface area contributed by atoms with E-state index in [9.17, 15) is 18.0 Å². The Morgan fingerprint density at radius 2 is 1.74 bits per heavy atom. The summed E-state index contributed by atoms with van der Waals surface area (Å²) in [5.74, 6) is -1.10. The molecular formula is C22H29ClN2O5S. The molecule has 0 saturated heterocycles. The lowest BCUT2D eigenvalue weighted by Crippen LogP contribution is -2.31. The van der Waals surface area contributed by atoms with Gasteiger partial charge in [0, 0.05) is 36.6 Å². The molecule has 0 spiro atoms. The Labute approximate surface area is 189 Å². The minimum atomic E-state index is -3.85. The van der Waals surface area contributed by atoms with E-state index in [1.54, 1.807) is 19.9 Å². The van der Waals surface area contributed by atoms with Gasteiger partial charge in [0.25, 0.3) is 0 Å². The standard InChI is InChI=1S/C22H29ClN2O5S/c1-6-11-25-15(4)12-18(16(25)5)20(26)14-30-22(27)17-9-10-19(23)21(13-17)31(28,29)24(7-2)8-3/h9-10,12-13H,6-8,11,14H2,1-5H3. The first kappa shape index (κ1) is 25.1. The quantitative estimate of drug-likeness (QED) is 0.384. The van der Waals surface area contributed by atoms with Gasteiger partial charge >= 0.3 is 5.97 Å². The Kier molecular flexibility index (Phi) is 8.45. The Bertz CT molecular complexity index is 1070. The number of halogens is 1. The number of Topliss-reactive ketones (excluding diaryl/α,β-unsaturated/α-hetero) is 1. The average Bonchev–Trinajstić information content (AvgIpc) is 3.01. The zero-order valence-corrected chi connectivity index (χ0v) is 20.1. The third kappa shape index (κ3) is 5.37. The molecule has 9 heteroatoms. The van der Waals surface area contributed by atoms with Gasteiger partial charge in [0.2, 0.25) is 15.8 Å². The lowest BCUT2D eigenvalue weighted by molar-refractivity contribution is 0.0474. The van der Waals surface area contributed by atoms with Crippen molar-refractivity contribution in [1.29, 1.82) is 0 Å². The van der Waals surface area contributed by atoms with Crippen molar-refractivity contribution in [3.8, 4) is 0 Å². The van der Waals surface area contributed by atoms with Crippen LogP contribution in [0.2, 0.25) is 5.02 Å². The molecular weight excluding hydrogens is 440 g/mol. The van der Waals surface area contributed by atoms with Crippen LogP contribution >= 0.6 is 11.6 Å². The summed E-state index contributed by atoms with van der Waals surface area (Å²) in [6, 6.07) is 5.70. The molecule has 170 valence electrons. The molecule has 0 bridgehead atoms. The number of sulfonamides is 1. The summed E-state index contributed by atoms with van der Waals surface area (Å²) in [4.78, 5) is 24.9. The Hall–Kier alpha value is -2.16. The predicted octanol–water partition coefficient (Wildman–Crippen LogP) is 4.24. The summed E-state index contributed by atoms with van der Waals surface area (Å²) in [5, 5.41) is 0.0166. The van der Waals surface area contributed by atoms with Gasteiger partial charge in [-0.2, -0.15) is 4.31 Å². The van der Waals surface area contributed by atoms with Crippen LogP contribution in [0.5, 0.6) is 0 Å². The summed E-state index contributed by atoms with van der Waals surface area (Å²) in [5.41, 5.74) is 2.33. The highest BCUT2D eigenvalue weighted by Gasteiger charge is 2.26. The van der Waals surface area contributed by atoms with E-state index in [2.05, 4.69) is 11.5 Å². The largest absolute Gasteiger partial charge is 0.454 e. The average molecular weight is 469 g/mol. The maximum absolute atomic E-state index is 12.8. The second-order valence-corrected chi connectivity index (χ2v) is 9.48. The van der Waals surface area contributed by atoms with Crippen LogP contribution in [0.3, 0.4) is 0 Å². The van der Waals surface area contributed by atoms with Gasteiger partial charge in [-0.25, -0.2) is 13.2 Å². The van der Waals surface area contributed by atoms with Crippen LogP contribution in [0.25, 0.3) is 0 Å². The van der Waals surface area contributed by atoms with E-state index in [1.807, 2.05) is 13.8 Å². The van der Waals surface area contributed by atoms with E-state index < -0.39 is 22.6 Å². The van der Waals surface area contributed by atoms with Crippen molar-refractivity contribution in [1.82, 2.24) is 8.87 Å². The lowest BCUT2D eigenvalue weighted by Gasteiger charge is -2.19. The SMILES string of the molecule is CCCn1c(C)cc(C(=O)COC(=O)c2ccc(Cl)c(S(=O)(=O)N(CC)CC)c2)c1C. The van der Waals surface area contributed by atoms with Crippen molar-refractivity contribution < 1.29 is 22.7 Å². The lowest BCUT2D eigenvalue weighted by atomic mass is 10.1. The van der Waals surface area contributed by atoms with Crippen LogP contribution in [0, 0.1) is 13.8 Å². The third-order valence-electron chi connectivity index (χ3n) is 5.15. The van der Waals surface area contributed by atoms with Crippen molar-refractivity contribution in [3.63, 3.8) is 0 Å². The zero-order chi connectivity index (χ0) is 23.3. The number of ketones is 1. The minimum absolute atomic E-state index is 0.0133. The fourth-order valence-electron chi connectivity index (χ4n) is 3.47. The predicted molar refractivity (Wildman–Crippen MR) is 120 cm³/mol. The second kappa shape index (κ2) is 10.4. The van der Waals surface area contributed by atoms with Crippen molar-refractivity contribution >= 4 is 33.4 Å². The van der Waals surface area contributed by atoms with E-state index in [1.165, 1.54) is 22.5 Å². The molecule has 0 aliphatic heterocycles. The topological polar surface area (TPSA) is 85.7 Å². The number of ether oxygens (including phenoxy) is 1. The third-order valence-corrected chi connectivity index (χ3v) is 7.68. The monoisotopic (exact) mass is 468 g/mol. The van der Waals surface area contributed by atoms with Crippen LogP contribution in [0.1, 0.15) is 59.3 Å². The number of rotatable bonds is 10. The minimum Gasteiger partial charge on any atom is -0.454 e. The van der Waals surface area contributed by atoms with Crippen LogP contribution in [-0.4, -0.2) is 48.7 Å². The maximum Gasteiger partial charge on any atom is 0.338 e. The molecule has 31 heavy (non-hydrogen) atoms. The van der Waals surface area contributed by atoms with E-state index >= 15 is 0 Å². The normalized spacial score (nSPS) is 11.7. The highest BCUT2D eigenvalue weighted by molar-refractivity contribution is 7.89. The van der Waals surface area contributed by atoms with Crippen LogP contribution in [0.4, 0.5) is 0 Å². The number of nitrogens with zero attached hydrogens (tertiary/aromatic N) is 2. The molecule has 7 nitrogen and oxygen atoms in total. The summed E-state index contributed by atoms with van der Waals surface area (Å²) in [6.45, 7) is 10.2. The van der Waals surface area contributed by atoms with Crippen LogP contribution in [0.15, 0.2) is 29.2 Å². The molecule has 0 fully saturated rings. The number of carbonyl (C=O) groups excluding carboxylic acids is 2. The highest BCUT2D eigenvalue weighted by atomic mass is 35.5. The zero-order valence-electron chi connectivity index (χ0n) is 18.6. The van der Waals surface area contributed by atoms with Gasteiger partial charge in [-0.05, 0) is 44.5 Å². The molecule has 1 aromatic carbocycles. The van der Waals surface area contributed by atoms with Gasteiger partial charge in [-0.1, -0.05) is 32.4 Å². The van der Waals surface area contributed by atoms with Gasteiger partial charge in [0.05, 0.1) is 10.6 Å². The molecule has 0 unspecified atom stereocenters. The summed E-state index contributed by atoms with van der Waals surface area (Å²) < 4.78 is 34.1. The van der Waals surface area contributed by atoms with Gasteiger partial charge in [-0.15, -0.1) is 0 Å². The molecule has 2 aromatic rings. The fraction of sp³-hybridized carbons (Fsp3) is 0.455. The first-order chi connectivity index (χ1) is 14.6. The Morgan fingerprint density at radius 1 is 1.10 bits per heavy atom. The van der Waals surface area contributed by atoms with Crippen LogP contribution < -0.4 is 0 Å².